The van der Waals surface area contributed by atoms with E-state index in [1.165, 1.54) is 0 Å². The van der Waals surface area contributed by atoms with Gasteiger partial charge in [-0.3, -0.25) is 4.79 Å². The number of rotatable bonds is 7. The Hall–Kier alpha value is -2.18. The molecule has 0 fully saturated rings. The second-order valence-electron chi connectivity index (χ2n) is 5.56. The van der Waals surface area contributed by atoms with Gasteiger partial charge in [-0.15, -0.1) is 0 Å². The first kappa shape index (κ1) is 18.2. The lowest BCUT2D eigenvalue weighted by molar-refractivity contribution is -0.121. The van der Waals surface area contributed by atoms with E-state index in [1.807, 2.05) is 44.2 Å². The molecule has 2 rings (SSSR count). The number of sulfonamides is 1. The standard InChI is InChI=1S/C18H22N2O3S/c1-3-19-18(21)13-17(15-7-5-4-6-8-15)20-24(22,23)16-11-9-14(2)10-12-16/h4-12,17,20H,3,13H2,1-2H3,(H,19,21)/t17-/m0/s1. The summed E-state index contributed by atoms with van der Waals surface area (Å²) < 4.78 is 27.9. The van der Waals surface area contributed by atoms with E-state index >= 15 is 0 Å². The predicted octanol–water partition coefficient (Wildman–Crippen LogP) is 2.54. The summed E-state index contributed by atoms with van der Waals surface area (Å²) in [5.74, 6) is -0.196. The zero-order chi connectivity index (χ0) is 17.6. The molecule has 0 aromatic heterocycles. The van der Waals surface area contributed by atoms with Gasteiger partial charge < -0.3 is 5.32 Å². The second kappa shape index (κ2) is 8.08. The van der Waals surface area contributed by atoms with Gasteiger partial charge in [0.05, 0.1) is 10.9 Å². The lowest BCUT2D eigenvalue weighted by atomic mass is 10.0. The Labute approximate surface area is 143 Å². The fraction of sp³-hybridized carbons (Fsp3) is 0.278. The average Bonchev–Trinajstić information content (AvgIpc) is 2.55. The minimum atomic E-state index is -3.71. The number of amides is 1. The highest BCUT2D eigenvalue weighted by atomic mass is 32.2. The van der Waals surface area contributed by atoms with Crippen molar-refractivity contribution in [2.75, 3.05) is 6.54 Å². The first-order valence-corrected chi connectivity index (χ1v) is 9.31. The first-order valence-electron chi connectivity index (χ1n) is 7.83. The highest BCUT2D eigenvalue weighted by Gasteiger charge is 2.23. The maximum Gasteiger partial charge on any atom is 0.241 e. The predicted molar refractivity (Wildman–Crippen MR) is 94.0 cm³/mol. The number of nitrogens with one attached hydrogen (secondary N) is 2. The molecule has 1 amide bonds. The fourth-order valence-electron chi connectivity index (χ4n) is 2.34. The van der Waals surface area contributed by atoms with Gasteiger partial charge in [0, 0.05) is 13.0 Å². The van der Waals surface area contributed by atoms with Gasteiger partial charge in [0.15, 0.2) is 0 Å². The van der Waals surface area contributed by atoms with E-state index in [2.05, 4.69) is 10.0 Å². The van der Waals surface area contributed by atoms with E-state index in [0.29, 0.717) is 6.54 Å². The smallest absolute Gasteiger partial charge is 0.241 e. The van der Waals surface area contributed by atoms with Crippen LogP contribution in [0.3, 0.4) is 0 Å². The van der Waals surface area contributed by atoms with Crippen LogP contribution in [-0.2, 0) is 14.8 Å². The number of aryl methyl sites for hydroxylation is 1. The van der Waals surface area contributed by atoms with Crippen LogP contribution < -0.4 is 10.0 Å². The van der Waals surface area contributed by atoms with Gasteiger partial charge in [0.1, 0.15) is 0 Å². The monoisotopic (exact) mass is 346 g/mol. The van der Waals surface area contributed by atoms with Crippen LogP contribution in [0.2, 0.25) is 0 Å². The molecule has 0 saturated heterocycles. The molecule has 0 unspecified atom stereocenters. The van der Waals surface area contributed by atoms with Gasteiger partial charge in [0.25, 0.3) is 0 Å². The molecule has 0 aliphatic carbocycles. The summed E-state index contributed by atoms with van der Waals surface area (Å²) >= 11 is 0. The highest BCUT2D eigenvalue weighted by molar-refractivity contribution is 7.89. The molecule has 0 bridgehead atoms. The van der Waals surface area contributed by atoms with Gasteiger partial charge in [-0.25, -0.2) is 13.1 Å². The normalized spacial score (nSPS) is 12.6. The van der Waals surface area contributed by atoms with Crippen molar-refractivity contribution in [3.63, 3.8) is 0 Å². The minimum absolute atomic E-state index is 0.0446. The van der Waals surface area contributed by atoms with Crippen molar-refractivity contribution >= 4 is 15.9 Å². The van der Waals surface area contributed by atoms with Crippen molar-refractivity contribution in [3.8, 4) is 0 Å². The molecule has 2 N–H and O–H groups in total. The van der Waals surface area contributed by atoms with Crippen molar-refractivity contribution in [2.24, 2.45) is 0 Å². The largest absolute Gasteiger partial charge is 0.356 e. The SMILES string of the molecule is CCNC(=O)C[C@H](NS(=O)(=O)c1ccc(C)cc1)c1ccccc1. The molecule has 0 saturated carbocycles. The molecule has 0 heterocycles. The Kier molecular flexibility index (Phi) is 6.11. The van der Waals surface area contributed by atoms with Gasteiger partial charge in [-0.2, -0.15) is 0 Å². The van der Waals surface area contributed by atoms with E-state index in [-0.39, 0.29) is 17.2 Å². The number of benzene rings is 2. The van der Waals surface area contributed by atoms with E-state index in [9.17, 15) is 13.2 Å². The third-order valence-electron chi connectivity index (χ3n) is 3.59. The van der Waals surface area contributed by atoms with Crippen LogP contribution in [0.1, 0.15) is 30.5 Å². The maximum absolute atomic E-state index is 12.6. The van der Waals surface area contributed by atoms with Crippen LogP contribution in [0, 0.1) is 6.92 Å². The summed E-state index contributed by atoms with van der Waals surface area (Å²) in [7, 11) is -3.71. The van der Waals surface area contributed by atoms with Gasteiger partial charge in [-0.1, -0.05) is 48.0 Å². The van der Waals surface area contributed by atoms with E-state index in [1.54, 1.807) is 24.3 Å². The number of hydrogen-bond acceptors (Lipinski definition) is 3. The quantitative estimate of drug-likeness (QED) is 0.809. The molecule has 0 aliphatic heterocycles. The molecule has 2 aromatic carbocycles. The third kappa shape index (κ3) is 4.91. The summed E-state index contributed by atoms with van der Waals surface area (Å²) in [6.07, 6.45) is 0.0446. The summed E-state index contributed by atoms with van der Waals surface area (Å²) in [5, 5.41) is 2.70. The van der Waals surface area contributed by atoms with Gasteiger partial charge in [0.2, 0.25) is 15.9 Å². The molecule has 0 aliphatic rings. The highest BCUT2D eigenvalue weighted by Crippen LogP contribution is 2.20. The number of hydrogen-bond donors (Lipinski definition) is 2. The molecule has 24 heavy (non-hydrogen) atoms. The Bertz CT molecular complexity index is 772. The summed E-state index contributed by atoms with van der Waals surface area (Å²) in [6, 6.07) is 15.1. The third-order valence-corrected chi connectivity index (χ3v) is 5.08. The van der Waals surface area contributed by atoms with Gasteiger partial charge in [-0.05, 0) is 31.5 Å². The molecule has 0 spiro atoms. The second-order valence-corrected chi connectivity index (χ2v) is 7.27. The topological polar surface area (TPSA) is 75.3 Å². The molecule has 128 valence electrons. The number of carbonyl (C=O) groups excluding carboxylic acids is 1. The van der Waals surface area contributed by atoms with Crippen molar-refractivity contribution in [2.45, 2.75) is 31.2 Å². The molecule has 1 atom stereocenters. The van der Waals surface area contributed by atoms with Crippen molar-refractivity contribution in [1.82, 2.24) is 10.0 Å². The summed E-state index contributed by atoms with van der Waals surface area (Å²) in [6.45, 7) is 4.22. The Morgan fingerprint density at radius 3 is 2.25 bits per heavy atom. The Morgan fingerprint density at radius 2 is 1.67 bits per heavy atom. The molecular weight excluding hydrogens is 324 g/mol. The minimum Gasteiger partial charge on any atom is -0.356 e. The molecule has 0 radical (unpaired) electrons. The fourth-order valence-corrected chi connectivity index (χ4v) is 3.56. The van der Waals surface area contributed by atoms with Crippen LogP contribution in [0.5, 0.6) is 0 Å². The first-order chi connectivity index (χ1) is 11.4. The summed E-state index contributed by atoms with van der Waals surface area (Å²) in [5.41, 5.74) is 1.73. The zero-order valence-corrected chi connectivity index (χ0v) is 14.6. The van der Waals surface area contributed by atoms with Crippen LogP contribution >= 0.6 is 0 Å². The Balaban J connectivity index is 2.27. The van der Waals surface area contributed by atoms with E-state index in [4.69, 9.17) is 0 Å². The lowest BCUT2D eigenvalue weighted by Gasteiger charge is -2.19. The van der Waals surface area contributed by atoms with Crippen molar-refractivity contribution in [3.05, 3.63) is 65.7 Å². The maximum atomic E-state index is 12.6. The van der Waals surface area contributed by atoms with Gasteiger partial charge >= 0.3 is 0 Å². The molecular formula is C18H22N2O3S. The van der Waals surface area contributed by atoms with Crippen LogP contribution in [-0.4, -0.2) is 20.9 Å². The van der Waals surface area contributed by atoms with E-state index in [0.717, 1.165) is 11.1 Å². The lowest BCUT2D eigenvalue weighted by Crippen LogP contribution is -2.33. The van der Waals surface area contributed by atoms with E-state index < -0.39 is 16.1 Å². The molecule has 5 nitrogen and oxygen atoms in total. The van der Waals surface area contributed by atoms with Crippen LogP contribution in [0.4, 0.5) is 0 Å². The summed E-state index contributed by atoms with van der Waals surface area (Å²) in [4.78, 5) is 12.1. The Morgan fingerprint density at radius 1 is 1.04 bits per heavy atom. The zero-order valence-electron chi connectivity index (χ0n) is 13.8. The number of carbonyl (C=O) groups is 1. The molecule has 2 aromatic rings. The molecule has 6 heteroatoms. The van der Waals surface area contributed by atoms with Crippen LogP contribution in [0.25, 0.3) is 0 Å². The van der Waals surface area contributed by atoms with Crippen LogP contribution in [0.15, 0.2) is 59.5 Å². The average molecular weight is 346 g/mol. The van der Waals surface area contributed by atoms with Crippen molar-refractivity contribution < 1.29 is 13.2 Å². The van der Waals surface area contributed by atoms with Crippen molar-refractivity contribution in [1.29, 1.82) is 0 Å².